The highest BCUT2D eigenvalue weighted by Crippen LogP contribution is 2.27. The van der Waals surface area contributed by atoms with Gasteiger partial charge in [-0.25, -0.2) is 8.78 Å². The highest BCUT2D eigenvalue weighted by Gasteiger charge is 2.27. The number of carbonyl (C=O) groups excluding carboxylic acids is 1. The molecule has 0 saturated heterocycles. The van der Waals surface area contributed by atoms with E-state index in [4.69, 9.17) is 11.2 Å². The number of carbonyl (C=O) groups is 1. The Morgan fingerprint density at radius 2 is 2.10 bits per heavy atom. The van der Waals surface area contributed by atoms with Crippen molar-refractivity contribution in [3.8, 4) is 18.1 Å². The van der Waals surface area contributed by atoms with Gasteiger partial charge < -0.3 is 10.1 Å². The molecule has 0 aromatic heterocycles. The summed E-state index contributed by atoms with van der Waals surface area (Å²) in [6.07, 6.45) is 7.78. The number of ether oxygens (including phenoxy) is 1. The Bertz CT molecular complexity index is 563. The van der Waals surface area contributed by atoms with E-state index in [0.29, 0.717) is 0 Å². The van der Waals surface area contributed by atoms with Crippen molar-refractivity contribution in [1.82, 2.24) is 5.32 Å². The molecule has 1 aliphatic carbocycles. The fourth-order valence-corrected chi connectivity index (χ4v) is 2.99. The molecule has 1 amide bonds. The maximum Gasteiger partial charge on any atom is 0.251 e. The topological polar surface area (TPSA) is 38.3 Å². The third kappa shape index (κ3) is 3.73. The number of alkyl halides is 1. The largest absolute Gasteiger partial charge is 0.475 e. The third-order valence-electron chi connectivity index (χ3n) is 3.31. The van der Waals surface area contributed by atoms with Crippen molar-refractivity contribution in [2.75, 3.05) is 6.61 Å². The van der Waals surface area contributed by atoms with Crippen molar-refractivity contribution >= 4 is 21.8 Å². The average molecular weight is 358 g/mol. The molecule has 1 aromatic rings. The van der Waals surface area contributed by atoms with Crippen LogP contribution in [0.3, 0.4) is 0 Å². The second-order valence-electron chi connectivity index (χ2n) is 4.79. The van der Waals surface area contributed by atoms with Gasteiger partial charge in [-0.1, -0.05) is 28.3 Å². The van der Waals surface area contributed by atoms with Crippen molar-refractivity contribution in [1.29, 1.82) is 0 Å². The van der Waals surface area contributed by atoms with E-state index in [1.807, 2.05) is 0 Å². The zero-order valence-electron chi connectivity index (χ0n) is 11.2. The molecule has 1 aromatic carbocycles. The van der Waals surface area contributed by atoms with E-state index in [-0.39, 0.29) is 23.0 Å². The molecule has 6 heteroatoms. The van der Waals surface area contributed by atoms with Gasteiger partial charge in [-0.2, -0.15) is 0 Å². The van der Waals surface area contributed by atoms with Crippen LogP contribution in [-0.2, 0) is 0 Å². The maximum atomic E-state index is 13.8. The summed E-state index contributed by atoms with van der Waals surface area (Å²) in [6, 6.07) is 1.87. The SMILES string of the molecule is C#CCOc1c(F)cc(C(=O)N[C@@H]2CCC[C@H]2Br)cc1F. The van der Waals surface area contributed by atoms with E-state index in [9.17, 15) is 13.6 Å². The van der Waals surface area contributed by atoms with Gasteiger partial charge in [0, 0.05) is 16.4 Å². The zero-order valence-corrected chi connectivity index (χ0v) is 12.8. The molecule has 1 fully saturated rings. The lowest BCUT2D eigenvalue weighted by Crippen LogP contribution is -2.37. The second kappa shape index (κ2) is 6.90. The lowest BCUT2D eigenvalue weighted by atomic mass is 10.1. The van der Waals surface area contributed by atoms with Crippen molar-refractivity contribution in [2.24, 2.45) is 0 Å². The van der Waals surface area contributed by atoms with Crippen LogP contribution in [0, 0.1) is 24.0 Å². The Balaban J connectivity index is 2.13. The monoisotopic (exact) mass is 357 g/mol. The molecule has 0 bridgehead atoms. The first-order valence-corrected chi connectivity index (χ1v) is 7.44. The number of hydrogen-bond donors (Lipinski definition) is 1. The van der Waals surface area contributed by atoms with Gasteiger partial charge in [-0.05, 0) is 25.0 Å². The number of benzene rings is 1. The van der Waals surface area contributed by atoms with Crippen LogP contribution in [0.1, 0.15) is 29.6 Å². The predicted molar refractivity (Wildman–Crippen MR) is 78.5 cm³/mol. The van der Waals surface area contributed by atoms with Crippen LogP contribution in [-0.4, -0.2) is 23.4 Å². The van der Waals surface area contributed by atoms with Gasteiger partial charge in [0.25, 0.3) is 5.91 Å². The molecule has 0 spiro atoms. The van der Waals surface area contributed by atoms with Crippen LogP contribution in [0.4, 0.5) is 8.78 Å². The van der Waals surface area contributed by atoms with Gasteiger partial charge in [-0.15, -0.1) is 6.42 Å². The Morgan fingerprint density at radius 3 is 2.62 bits per heavy atom. The molecule has 0 heterocycles. The van der Waals surface area contributed by atoms with Crippen molar-refractivity contribution in [3.63, 3.8) is 0 Å². The van der Waals surface area contributed by atoms with Gasteiger partial charge in [0.05, 0.1) is 0 Å². The minimum Gasteiger partial charge on any atom is -0.475 e. The standard InChI is InChI=1S/C15H14BrF2NO2/c1-2-6-21-14-11(17)7-9(8-12(14)18)15(20)19-13-5-3-4-10(13)16/h1,7-8,10,13H,3-6H2,(H,19,20)/t10-,13-/m1/s1. The van der Waals surface area contributed by atoms with Crippen LogP contribution >= 0.6 is 15.9 Å². The normalized spacial score (nSPS) is 20.9. The van der Waals surface area contributed by atoms with Crippen molar-refractivity contribution < 1.29 is 18.3 Å². The van der Waals surface area contributed by atoms with Crippen LogP contribution in [0.2, 0.25) is 0 Å². The minimum absolute atomic E-state index is 0.0269. The summed E-state index contributed by atoms with van der Waals surface area (Å²) in [5.41, 5.74) is -0.0790. The van der Waals surface area contributed by atoms with E-state index in [1.165, 1.54) is 0 Å². The lowest BCUT2D eigenvalue weighted by molar-refractivity contribution is 0.0938. The van der Waals surface area contributed by atoms with Crippen LogP contribution in [0.5, 0.6) is 5.75 Å². The Morgan fingerprint density at radius 1 is 1.43 bits per heavy atom. The maximum absolute atomic E-state index is 13.8. The van der Waals surface area contributed by atoms with Crippen LogP contribution < -0.4 is 10.1 Å². The second-order valence-corrected chi connectivity index (χ2v) is 5.96. The van der Waals surface area contributed by atoms with Gasteiger partial charge in [-0.3, -0.25) is 4.79 Å². The highest BCUT2D eigenvalue weighted by molar-refractivity contribution is 9.09. The molecular formula is C15H14BrF2NO2. The molecule has 21 heavy (non-hydrogen) atoms. The van der Waals surface area contributed by atoms with Crippen molar-refractivity contribution in [3.05, 3.63) is 29.3 Å². The Kier molecular flexibility index (Phi) is 5.18. The summed E-state index contributed by atoms with van der Waals surface area (Å²) in [6.45, 7) is -0.243. The molecule has 2 rings (SSSR count). The Hall–Kier alpha value is -1.61. The van der Waals surface area contributed by atoms with E-state index >= 15 is 0 Å². The fourth-order valence-electron chi connectivity index (χ4n) is 2.27. The molecule has 0 unspecified atom stereocenters. The summed E-state index contributed by atoms with van der Waals surface area (Å²) < 4.78 is 32.3. The number of hydrogen-bond acceptors (Lipinski definition) is 2. The molecule has 1 N–H and O–H groups in total. The number of halogens is 3. The number of amides is 1. The van der Waals surface area contributed by atoms with Crippen LogP contribution in [0.25, 0.3) is 0 Å². The van der Waals surface area contributed by atoms with Gasteiger partial charge in [0.2, 0.25) is 0 Å². The summed E-state index contributed by atoms with van der Waals surface area (Å²) in [4.78, 5) is 12.2. The molecule has 112 valence electrons. The predicted octanol–water partition coefficient (Wildman–Crippen LogP) is 3.02. The fraction of sp³-hybridized carbons (Fsp3) is 0.400. The number of terminal acetylenes is 1. The number of rotatable bonds is 4. The van der Waals surface area contributed by atoms with E-state index in [1.54, 1.807) is 0 Å². The van der Waals surface area contributed by atoms with E-state index < -0.39 is 23.3 Å². The first-order valence-electron chi connectivity index (χ1n) is 6.53. The van der Waals surface area contributed by atoms with Crippen LogP contribution in [0.15, 0.2) is 12.1 Å². The summed E-state index contributed by atoms with van der Waals surface area (Å²) in [7, 11) is 0. The molecule has 0 radical (unpaired) electrons. The lowest BCUT2D eigenvalue weighted by Gasteiger charge is -2.16. The van der Waals surface area contributed by atoms with Gasteiger partial charge >= 0.3 is 0 Å². The average Bonchev–Trinajstić information content (AvgIpc) is 2.83. The van der Waals surface area contributed by atoms with Gasteiger partial charge in [0.1, 0.15) is 6.61 Å². The first kappa shape index (κ1) is 15.8. The zero-order chi connectivity index (χ0) is 15.4. The Labute approximate surface area is 130 Å². The highest BCUT2D eigenvalue weighted by atomic mass is 79.9. The van der Waals surface area contributed by atoms with E-state index in [0.717, 1.165) is 31.4 Å². The van der Waals surface area contributed by atoms with Crippen molar-refractivity contribution in [2.45, 2.75) is 30.1 Å². The smallest absolute Gasteiger partial charge is 0.251 e. The summed E-state index contributed by atoms with van der Waals surface area (Å²) >= 11 is 3.47. The first-order chi connectivity index (χ1) is 10.0. The summed E-state index contributed by atoms with van der Waals surface area (Å²) in [5.74, 6) is -0.846. The third-order valence-corrected chi connectivity index (χ3v) is 4.40. The van der Waals surface area contributed by atoms with Gasteiger partial charge in [0.15, 0.2) is 17.4 Å². The van der Waals surface area contributed by atoms with E-state index in [2.05, 4.69) is 27.2 Å². The number of nitrogens with one attached hydrogen (secondary N) is 1. The molecule has 0 aliphatic heterocycles. The quantitative estimate of drug-likeness (QED) is 0.664. The molecule has 3 nitrogen and oxygen atoms in total. The molecule has 1 saturated carbocycles. The molecule has 1 aliphatic rings. The summed E-state index contributed by atoms with van der Waals surface area (Å²) in [5, 5.41) is 2.77. The molecular weight excluding hydrogens is 344 g/mol. The molecule has 2 atom stereocenters. The minimum atomic E-state index is -0.947.